The molecule has 0 unspecified atom stereocenters. The van der Waals surface area contributed by atoms with Crippen molar-refractivity contribution in [2.24, 2.45) is 4.99 Å². The predicted octanol–water partition coefficient (Wildman–Crippen LogP) is 1.20. The number of hydrogen-bond acceptors (Lipinski definition) is 2. The van der Waals surface area contributed by atoms with Crippen LogP contribution in [-0.4, -0.2) is 18.3 Å². The van der Waals surface area contributed by atoms with Crippen molar-refractivity contribution in [2.45, 2.75) is 25.7 Å². The van der Waals surface area contributed by atoms with Crippen LogP contribution in [0, 0.1) is 0 Å². The lowest BCUT2D eigenvalue weighted by Gasteiger charge is -2.05. The van der Waals surface area contributed by atoms with E-state index in [4.69, 9.17) is 0 Å². The number of nitrogens with zero attached hydrogens (tertiary/aromatic N) is 1. The van der Waals surface area contributed by atoms with E-state index < -0.39 is 0 Å². The molecule has 4 nitrogen and oxygen atoms in total. The third kappa shape index (κ3) is 2.89. The summed E-state index contributed by atoms with van der Waals surface area (Å²) in [6.45, 7) is 0.830. The number of amidine groups is 1. The van der Waals surface area contributed by atoms with Gasteiger partial charge in [-0.3, -0.25) is 9.79 Å². The molecule has 0 aromatic carbocycles. The number of amides is 1. The number of H-pyrrole nitrogens is 1. The number of carbonyl (C=O) groups excluding carboxylic acids is 1. The first kappa shape index (κ1) is 10.8. The fraction of sp³-hybridized carbons (Fsp3) is 0.417. The number of carbonyl (C=O) groups is 1. The van der Waals surface area contributed by atoms with E-state index >= 15 is 0 Å². The zero-order valence-corrected chi connectivity index (χ0v) is 9.20. The second kappa shape index (κ2) is 5.39. The van der Waals surface area contributed by atoms with Crippen LogP contribution >= 0.6 is 0 Å². The Morgan fingerprint density at radius 2 is 2.31 bits per heavy atom. The summed E-state index contributed by atoms with van der Waals surface area (Å²) in [5.74, 6) is 0.740. The van der Waals surface area contributed by atoms with Crippen LogP contribution in [0.2, 0.25) is 0 Å². The number of pyridine rings is 1. The second-order valence-corrected chi connectivity index (χ2v) is 3.89. The molecule has 0 spiro atoms. The Morgan fingerprint density at radius 1 is 1.38 bits per heavy atom. The van der Waals surface area contributed by atoms with Gasteiger partial charge < -0.3 is 5.32 Å². The molecule has 4 heteroatoms. The first-order chi connectivity index (χ1) is 7.86. The van der Waals surface area contributed by atoms with E-state index in [0.29, 0.717) is 5.56 Å². The molecule has 2 heterocycles. The fourth-order valence-corrected chi connectivity index (χ4v) is 1.71. The summed E-state index contributed by atoms with van der Waals surface area (Å²) < 4.78 is 0. The molecule has 0 fully saturated rings. The van der Waals surface area contributed by atoms with Crippen LogP contribution in [0.25, 0.3) is 0 Å². The van der Waals surface area contributed by atoms with Gasteiger partial charge in [0.25, 0.3) is 5.91 Å². The third-order valence-electron chi connectivity index (χ3n) is 2.60. The summed E-state index contributed by atoms with van der Waals surface area (Å²) in [4.78, 5) is 19.1. The van der Waals surface area contributed by atoms with E-state index in [9.17, 15) is 4.79 Å². The third-order valence-corrected chi connectivity index (χ3v) is 2.60. The number of aromatic nitrogens is 1. The van der Waals surface area contributed by atoms with Gasteiger partial charge in [0, 0.05) is 19.0 Å². The van der Waals surface area contributed by atoms with E-state index in [0.717, 1.165) is 31.6 Å². The number of rotatable bonds is 1. The summed E-state index contributed by atoms with van der Waals surface area (Å²) in [7, 11) is 0. The lowest BCUT2D eigenvalue weighted by Crippen LogP contribution is -2.31. The Balaban J connectivity index is 1.99. The van der Waals surface area contributed by atoms with E-state index in [1.165, 1.54) is 6.42 Å². The van der Waals surface area contributed by atoms with Crippen LogP contribution in [0.15, 0.2) is 29.5 Å². The molecule has 1 aromatic rings. The van der Waals surface area contributed by atoms with Crippen LogP contribution in [0.1, 0.15) is 36.0 Å². The zero-order chi connectivity index (χ0) is 11.2. The average molecular weight is 218 g/mol. The van der Waals surface area contributed by atoms with Crippen molar-refractivity contribution >= 4 is 11.7 Å². The smallest absolute Gasteiger partial charge is 0.262 e. The van der Waals surface area contributed by atoms with Gasteiger partial charge in [-0.1, -0.05) is 6.42 Å². The number of hydrogen-bond donors (Lipinski definition) is 1. The minimum Gasteiger partial charge on any atom is -0.310 e. The molecular weight excluding hydrogens is 202 g/mol. The highest BCUT2D eigenvalue weighted by molar-refractivity contribution is 6.06. The van der Waals surface area contributed by atoms with Crippen molar-refractivity contribution in [1.82, 2.24) is 5.32 Å². The molecule has 1 aromatic heterocycles. The zero-order valence-electron chi connectivity index (χ0n) is 9.20. The average Bonchev–Trinajstić information content (AvgIpc) is 2.59. The molecule has 0 atom stereocenters. The normalized spacial score (nSPS) is 16.1. The Labute approximate surface area is 94.8 Å². The predicted molar refractivity (Wildman–Crippen MR) is 61.2 cm³/mol. The molecule has 84 valence electrons. The molecule has 0 saturated heterocycles. The Morgan fingerprint density at radius 3 is 3.12 bits per heavy atom. The summed E-state index contributed by atoms with van der Waals surface area (Å²) in [6.07, 6.45) is 7.77. The fourth-order valence-electron chi connectivity index (χ4n) is 1.71. The molecule has 1 aliphatic rings. The molecule has 16 heavy (non-hydrogen) atoms. The van der Waals surface area contributed by atoms with Crippen LogP contribution in [0.3, 0.4) is 0 Å². The molecule has 2 rings (SSSR count). The Bertz CT molecular complexity index is 387. The van der Waals surface area contributed by atoms with Gasteiger partial charge in [0.05, 0.1) is 0 Å². The number of aromatic amines is 1. The highest BCUT2D eigenvalue weighted by Gasteiger charge is 2.11. The number of nitrogens with one attached hydrogen (secondary N) is 2. The standard InChI is InChI=1S/C12H15N3O/c16-12(10-5-4-7-13-9-10)15-11-6-2-1-3-8-14-11/h4-5,7,9H,1-3,6,8H2,(H,14,15,16)/p+1. The van der Waals surface area contributed by atoms with Crippen LogP contribution < -0.4 is 10.3 Å². The van der Waals surface area contributed by atoms with Crippen molar-refractivity contribution in [1.29, 1.82) is 0 Å². The van der Waals surface area contributed by atoms with Crippen LogP contribution in [0.5, 0.6) is 0 Å². The second-order valence-electron chi connectivity index (χ2n) is 3.89. The summed E-state index contributed by atoms with van der Waals surface area (Å²) in [5.41, 5.74) is 0.634. The molecule has 1 aliphatic heterocycles. The molecule has 0 radical (unpaired) electrons. The molecule has 0 bridgehead atoms. The van der Waals surface area contributed by atoms with Gasteiger partial charge in [-0.05, 0) is 18.9 Å². The van der Waals surface area contributed by atoms with Crippen molar-refractivity contribution in [3.05, 3.63) is 30.1 Å². The van der Waals surface area contributed by atoms with Gasteiger partial charge in [0.1, 0.15) is 11.4 Å². The van der Waals surface area contributed by atoms with Gasteiger partial charge in [0.15, 0.2) is 12.4 Å². The maximum absolute atomic E-state index is 11.8. The monoisotopic (exact) mass is 218 g/mol. The summed E-state index contributed by atoms with van der Waals surface area (Å²) in [6, 6.07) is 3.59. The van der Waals surface area contributed by atoms with Crippen LogP contribution in [-0.2, 0) is 0 Å². The summed E-state index contributed by atoms with van der Waals surface area (Å²) >= 11 is 0. The lowest BCUT2D eigenvalue weighted by atomic mass is 10.2. The van der Waals surface area contributed by atoms with E-state index in [2.05, 4.69) is 15.3 Å². The maximum atomic E-state index is 11.8. The quantitative estimate of drug-likeness (QED) is 0.756. The summed E-state index contributed by atoms with van der Waals surface area (Å²) in [5, 5.41) is 2.87. The van der Waals surface area contributed by atoms with E-state index in [1.807, 2.05) is 6.07 Å². The van der Waals surface area contributed by atoms with Gasteiger partial charge in [-0.25, -0.2) is 4.98 Å². The number of aliphatic imine (C=N–C) groups is 1. The first-order valence-corrected chi connectivity index (χ1v) is 5.67. The minimum absolute atomic E-state index is 0.0856. The van der Waals surface area contributed by atoms with Crippen LogP contribution in [0.4, 0.5) is 0 Å². The Kier molecular flexibility index (Phi) is 3.64. The van der Waals surface area contributed by atoms with Gasteiger partial charge in [-0.15, -0.1) is 0 Å². The molecule has 1 amide bonds. The van der Waals surface area contributed by atoms with Crippen molar-refractivity contribution in [3.63, 3.8) is 0 Å². The lowest BCUT2D eigenvalue weighted by molar-refractivity contribution is -0.378. The molecule has 0 saturated carbocycles. The molecular formula is C12H16N3O+. The highest BCUT2D eigenvalue weighted by atomic mass is 16.1. The SMILES string of the molecule is O=C(NC1=NCCCCC1)c1ccc[nH+]c1. The van der Waals surface area contributed by atoms with E-state index in [1.54, 1.807) is 18.5 Å². The molecule has 0 aliphatic carbocycles. The van der Waals surface area contributed by atoms with E-state index in [-0.39, 0.29) is 5.91 Å². The highest BCUT2D eigenvalue weighted by Crippen LogP contribution is 2.06. The van der Waals surface area contributed by atoms with Gasteiger partial charge in [0.2, 0.25) is 0 Å². The van der Waals surface area contributed by atoms with Crippen molar-refractivity contribution in [3.8, 4) is 0 Å². The minimum atomic E-state index is -0.0856. The molecule has 2 N–H and O–H groups in total. The van der Waals surface area contributed by atoms with Crippen molar-refractivity contribution < 1.29 is 9.78 Å². The Hall–Kier alpha value is -1.71. The topological polar surface area (TPSA) is 55.6 Å². The first-order valence-electron chi connectivity index (χ1n) is 5.67. The van der Waals surface area contributed by atoms with Crippen molar-refractivity contribution in [2.75, 3.05) is 6.54 Å². The maximum Gasteiger partial charge on any atom is 0.262 e. The van der Waals surface area contributed by atoms with Gasteiger partial charge in [-0.2, -0.15) is 0 Å². The van der Waals surface area contributed by atoms with Gasteiger partial charge >= 0.3 is 0 Å². The largest absolute Gasteiger partial charge is 0.310 e.